The summed E-state index contributed by atoms with van der Waals surface area (Å²) >= 11 is 1.71. The lowest BCUT2D eigenvalue weighted by Crippen LogP contribution is -2.23. The molecule has 1 aromatic carbocycles. The van der Waals surface area contributed by atoms with Crippen molar-refractivity contribution < 1.29 is 0 Å². The van der Waals surface area contributed by atoms with E-state index in [2.05, 4.69) is 46.4 Å². The fourth-order valence-electron chi connectivity index (χ4n) is 2.73. The van der Waals surface area contributed by atoms with Crippen molar-refractivity contribution in [2.24, 2.45) is 0 Å². The van der Waals surface area contributed by atoms with Gasteiger partial charge in [-0.05, 0) is 31.4 Å². The largest absolute Gasteiger partial charge is 0.371 e. The minimum atomic E-state index is 0.307. The Morgan fingerprint density at radius 1 is 1.30 bits per heavy atom. The third-order valence-corrected chi connectivity index (χ3v) is 4.82. The van der Waals surface area contributed by atoms with Gasteiger partial charge in [-0.25, -0.2) is 4.98 Å². The van der Waals surface area contributed by atoms with E-state index in [0.29, 0.717) is 6.04 Å². The first kappa shape index (κ1) is 13.6. The van der Waals surface area contributed by atoms with Gasteiger partial charge in [0.2, 0.25) is 0 Å². The van der Waals surface area contributed by atoms with Crippen LogP contribution in [0.15, 0.2) is 35.8 Å². The highest BCUT2D eigenvalue weighted by Gasteiger charge is 2.16. The lowest BCUT2D eigenvalue weighted by atomic mass is 10.1. The lowest BCUT2D eigenvalue weighted by Gasteiger charge is -2.22. The summed E-state index contributed by atoms with van der Waals surface area (Å²) in [5.74, 6) is 0. The summed E-state index contributed by atoms with van der Waals surface area (Å²) in [6.07, 6.45) is 4.50. The van der Waals surface area contributed by atoms with Crippen molar-refractivity contribution in [1.29, 1.82) is 0 Å². The van der Waals surface area contributed by atoms with Crippen LogP contribution in [0.25, 0.3) is 0 Å². The number of para-hydroxylation sites is 1. The van der Waals surface area contributed by atoms with Crippen molar-refractivity contribution in [1.82, 2.24) is 10.3 Å². The summed E-state index contributed by atoms with van der Waals surface area (Å²) in [7, 11) is 0. The number of thiazole rings is 1. The molecular weight excluding hydrogens is 266 g/mol. The predicted molar refractivity (Wildman–Crippen MR) is 85.3 cm³/mol. The van der Waals surface area contributed by atoms with Crippen molar-refractivity contribution in [2.45, 2.75) is 32.4 Å². The molecule has 2 aromatic rings. The Hall–Kier alpha value is -1.39. The van der Waals surface area contributed by atoms with E-state index in [1.165, 1.54) is 37.2 Å². The van der Waals surface area contributed by atoms with E-state index < -0.39 is 0 Å². The van der Waals surface area contributed by atoms with Gasteiger partial charge in [0, 0.05) is 36.9 Å². The van der Waals surface area contributed by atoms with Gasteiger partial charge in [0.05, 0.1) is 6.04 Å². The molecule has 1 aromatic heterocycles. The highest BCUT2D eigenvalue weighted by molar-refractivity contribution is 7.09. The van der Waals surface area contributed by atoms with Crippen LogP contribution in [-0.4, -0.2) is 18.1 Å². The van der Waals surface area contributed by atoms with E-state index in [9.17, 15) is 0 Å². The third kappa shape index (κ3) is 3.02. The van der Waals surface area contributed by atoms with Gasteiger partial charge < -0.3 is 10.2 Å². The molecule has 3 rings (SSSR count). The van der Waals surface area contributed by atoms with Gasteiger partial charge in [-0.1, -0.05) is 18.2 Å². The zero-order chi connectivity index (χ0) is 13.8. The van der Waals surface area contributed by atoms with Crippen LogP contribution in [0.2, 0.25) is 0 Å². The molecule has 0 spiro atoms. The van der Waals surface area contributed by atoms with Crippen molar-refractivity contribution in [3.63, 3.8) is 0 Å². The first-order valence-corrected chi connectivity index (χ1v) is 8.18. The van der Waals surface area contributed by atoms with Crippen LogP contribution in [0.1, 0.15) is 36.4 Å². The molecule has 1 aliphatic heterocycles. The number of aromatic nitrogens is 1. The maximum absolute atomic E-state index is 4.37. The van der Waals surface area contributed by atoms with E-state index in [4.69, 9.17) is 0 Å². The number of anilines is 1. The number of nitrogens with one attached hydrogen (secondary N) is 1. The van der Waals surface area contributed by atoms with E-state index in [-0.39, 0.29) is 0 Å². The fraction of sp³-hybridized carbons (Fsp3) is 0.438. The normalized spacial score (nSPS) is 16.6. The summed E-state index contributed by atoms with van der Waals surface area (Å²) < 4.78 is 0. The molecule has 0 aliphatic carbocycles. The molecule has 0 amide bonds. The number of rotatable bonds is 5. The molecule has 1 N–H and O–H groups in total. The molecule has 1 aliphatic rings. The van der Waals surface area contributed by atoms with E-state index in [1.54, 1.807) is 11.3 Å². The van der Waals surface area contributed by atoms with Crippen molar-refractivity contribution >= 4 is 17.0 Å². The van der Waals surface area contributed by atoms with Gasteiger partial charge in [-0.15, -0.1) is 11.3 Å². The van der Waals surface area contributed by atoms with Crippen LogP contribution in [0.5, 0.6) is 0 Å². The second kappa shape index (κ2) is 6.37. The average molecular weight is 287 g/mol. The van der Waals surface area contributed by atoms with E-state index in [0.717, 1.165) is 11.6 Å². The summed E-state index contributed by atoms with van der Waals surface area (Å²) in [5.41, 5.74) is 2.78. The van der Waals surface area contributed by atoms with Crippen molar-refractivity contribution in [3.8, 4) is 0 Å². The summed E-state index contributed by atoms with van der Waals surface area (Å²) in [6, 6.07) is 9.05. The Kier molecular flexibility index (Phi) is 4.33. The zero-order valence-corrected chi connectivity index (χ0v) is 12.7. The Balaban J connectivity index is 1.68. The summed E-state index contributed by atoms with van der Waals surface area (Å²) in [4.78, 5) is 6.88. The molecule has 1 atom stereocenters. The minimum Gasteiger partial charge on any atom is -0.371 e. The summed E-state index contributed by atoms with van der Waals surface area (Å²) in [6.45, 7) is 5.46. The highest BCUT2D eigenvalue weighted by Crippen LogP contribution is 2.25. The van der Waals surface area contributed by atoms with Crippen LogP contribution in [0, 0.1) is 0 Å². The number of nitrogens with zero attached hydrogens (tertiary/aromatic N) is 2. The molecule has 3 nitrogen and oxygen atoms in total. The number of hydrogen-bond donors (Lipinski definition) is 1. The van der Waals surface area contributed by atoms with E-state index >= 15 is 0 Å². The molecule has 0 bridgehead atoms. The predicted octanol–water partition coefficient (Wildman–Crippen LogP) is 3.59. The van der Waals surface area contributed by atoms with Crippen molar-refractivity contribution in [3.05, 3.63) is 46.4 Å². The lowest BCUT2D eigenvalue weighted by molar-refractivity contribution is 0.571. The molecule has 106 valence electrons. The molecule has 20 heavy (non-hydrogen) atoms. The Labute approximate surface area is 124 Å². The maximum atomic E-state index is 4.37. The van der Waals surface area contributed by atoms with Gasteiger partial charge in [0.25, 0.3) is 0 Å². The average Bonchev–Trinajstić information content (AvgIpc) is 3.17. The first-order valence-electron chi connectivity index (χ1n) is 7.30. The standard InChI is InChI=1S/C16H21N3S/c1-13(16-17-8-11-20-16)18-12-14-6-2-3-7-15(14)19-9-4-5-10-19/h2-3,6-8,11,13,18H,4-5,9-10,12H2,1H3. The monoisotopic (exact) mass is 287 g/mol. The molecule has 4 heteroatoms. The number of hydrogen-bond acceptors (Lipinski definition) is 4. The van der Waals surface area contributed by atoms with Crippen LogP contribution >= 0.6 is 11.3 Å². The Bertz CT molecular complexity index is 532. The molecule has 1 fully saturated rings. The fourth-order valence-corrected chi connectivity index (χ4v) is 3.40. The van der Waals surface area contributed by atoms with Gasteiger partial charge in [0.15, 0.2) is 0 Å². The molecule has 1 saturated heterocycles. The van der Waals surface area contributed by atoms with Crippen LogP contribution in [0.4, 0.5) is 5.69 Å². The molecule has 0 radical (unpaired) electrons. The molecule has 0 saturated carbocycles. The quantitative estimate of drug-likeness (QED) is 0.911. The third-order valence-electron chi connectivity index (χ3n) is 3.86. The van der Waals surface area contributed by atoms with Crippen molar-refractivity contribution in [2.75, 3.05) is 18.0 Å². The zero-order valence-electron chi connectivity index (χ0n) is 11.9. The molecule has 1 unspecified atom stereocenters. The van der Waals surface area contributed by atoms with Gasteiger partial charge in [-0.2, -0.15) is 0 Å². The van der Waals surface area contributed by atoms with Gasteiger partial charge >= 0.3 is 0 Å². The highest BCUT2D eigenvalue weighted by atomic mass is 32.1. The van der Waals surface area contributed by atoms with Gasteiger partial charge in [0.1, 0.15) is 5.01 Å². The first-order chi connectivity index (χ1) is 9.84. The van der Waals surface area contributed by atoms with Crippen LogP contribution in [-0.2, 0) is 6.54 Å². The second-order valence-corrected chi connectivity index (χ2v) is 6.22. The van der Waals surface area contributed by atoms with Crippen LogP contribution in [0.3, 0.4) is 0 Å². The molecule has 2 heterocycles. The topological polar surface area (TPSA) is 28.2 Å². The van der Waals surface area contributed by atoms with E-state index in [1.807, 2.05) is 11.6 Å². The number of benzene rings is 1. The second-order valence-electron chi connectivity index (χ2n) is 5.30. The maximum Gasteiger partial charge on any atom is 0.109 e. The summed E-state index contributed by atoms with van der Waals surface area (Å²) in [5, 5.41) is 6.78. The smallest absolute Gasteiger partial charge is 0.109 e. The van der Waals surface area contributed by atoms with Gasteiger partial charge in [-0.3, -0.25) is 0 Å². The Morgan fingerprint density at radius 2 is 2.10 bits per heavy atom. The Morgan fingerprint density at radius 3 is 2.85 bits per heavy atom. The SMILES string of the molecule is CC(NCc1ccccc1N1CCCC1)c1nccs1. The minimum absolute atomic E-state index is 0.307. The van der Waals surface area contributed by atoms with Crippen LogP contribution < -0.4 is 10.2 Å². The molecular formula is C16H21N3S.